The minimum atomic E-state index is -0.436. The topological polar surface area (TPSA) is 66.0 Å². The number of carbonyl (C=O) groups excluding carboxylic acids is 1. The average Bonchev–Trinajstić information content (AvgIpc) is 2.90. The molecule has 1 unspecified atom stereocenters. The zero-order valence-electron chi connectivity index (χ0n) is 12.9. The second kappa shape index (κ2) is 7.46. The molecule has 22 heavy (non-hydrogen) atoms. The van der Waals surface area contributed by atoms with Crippen LogP contribution in [0.4, 0.5) is 0 Å². The molecule has 0 fully saturated rings. The normalized spacial score (nSPS) is 12.4. The number of nitriles is 1. The summed E-state index contributed by atoms with van der Waals surface area (Å²) in [4.78, 5) is 11.9. The van der Waals surface area contributed by atoms with Crippen molar-refractivity contribution in [1.82, 2.24) is 5.32 Å². The van der Waals surface area contributed by atoms with E-state index < -0.39 is 6.04 Å². The van der Waals surface area contributed by atoms with Gasteiger partial charge in [-0.15, -0.1) is 0 Å². The lowest BCUT2D eigenvalue weighted by molar-refractivity contribution is -0.116. The minimum absolute atomic E-state index is 0.257. The fraction of sp³-hybridized carbons (Fsp3) is 0.333. The lowest BCUT2D eigenvalue weighted by atomic mass is 10.1. The summed E-state index contributed by atoms with van der Waals surface area (Å²) in [5, 5.41) is 12.7. The number of carbonyl (C=O) groups is 1. The van der Waals surface area contributed by atoms with Crippen molar-refractivity contribution in [3.8, 4) is 6.07 Å². The van der Waals surface area contributed by atoms with Crippen molar-refractivity contribution in [2.24, 2.45) is 0 Å². The standard InChI is InChI=1S/C18H20N2O2/c1-3-7-13(12-19)20-18(21)11-10-15-14-8-5-6-9-17(14)22-16(15)4-2/h5-6,8-11,13H,3-4,7H2,1-2H3,(H,20,21)/b11-10+. The first-order chi connectivity index (χ1) is 10.7. The summed E-state index contributed by atoms with van der Waals surface area (Å²) in [5.41, 5.74) is 1.75. The number of amides is 1. The highest BCUT2D eigenvalue weighted by molar-refractivity contribution is 5.96. The summed E-state index contributed by atoms with van der Waals surface area (Å²) in [5.74, 6) is 0.600. The molecule has 1 amide bonds. The van der Waals surface area contributed by atoms with Crippen LogP contribution in [0.3, 0.4) is 0 Å². The van der Waals surface area contributed by atoms with Gasteiger partial charge in [-0.2, -0.15) is 5.26 Å². The second-order valence-corrected chi connectivity index (χ2v) is 5.10. The van der Waals surface area contributed by atoms with E-state index in [2.05, 4.69) is 11.4 Å². The monoisotopic (exact) mass is 296 g/mol. The molecule has 1 aromatic carbocycles. The molecule has 2 rings (SSSR count). The van der Waals surface area contributed by atoms with Crippen LogP contribution in [0.5, 0.6) is 0 Å². The van der Waals surface area contributed by atoms with E-state index in [1.54, 1.807) is 6.08 Å². The highest BCUT2D eigenvalue weighted by atomic mass is 16.3. The van der Waals surface area contributed by atoms with Crippen LogP contribution in [0.2, 0.25) is 0 Å². The van der Waals surface area contributed by atoms with Crippen LogP contribution in [-0.4, -0.2) is 11.9 Å². The molecule has 4 heteroatoms. The first-order valence-corrected chi connectivity index (χ1v) is 7.58. The number of benzene rings is 1. The minimum Gasteiger partial charge on any atom is -0.460 e. The first-order valence-electron chi connectivity index (χ1n) is 7.58. The molecule has 0 aliphatic heterocycles. The Kier molecular flexibility index (Phi) is 5.37. The van der Waals surface area contributed by atoms with E-state index in [0.717, 1.165) is 35.1 Å². The largest absolute Gasteiger partial charge is 0.460 e. The van der Waals surface area contributed by atoms with Crippen molar-refractivity contribution in [3.05, 3.63) is 41.7 Å². The molecule has 1 N–H and O–H groups in total. The smallest absolute Gasteiger partial charge is 0.245 e. The maximum atomic E-state index is 11.9. The number of rotatable bonds is 6. The third kappa shape index (κ3) is 3.56. The van der Waals surface area contributed by atoms with Crippen LogP contribution in [0.25, 0.3) is 17.0 Å². The Morgan fingerprint density at radius 1 is 1.41 bits per heavy atom. The first kappa shape index (κ1) is 15.8. The van der Waals surface area contributed by atoms with Crippen molar-refractivity contribution in [2.75, 3.05) is 0 Å². The van der Waals surface area contributed by atoms with Gasteiger partial charge in [-0.05, 0) is 18.6 Å². The average molecular weight is 296 g/mol. The van der Waals surface area contributed by atoms with Gasteiger partial charge in [-0.3, -0.25) is 4.79 Å². The fourth-order valence-electron chi connectivity index (χ4n) is 2.40. The molecule has 0 saturated heterocycles. The van der Waals surface area contributed by atoms with Crippen molar-refractivity contribution >= 4 is 23.0 Å². The number of furan rings is 1. The van der Waals surface area contributed by atoms with Gasteiger partial charge in [0.25, 0.3) is 0 Å². The van der Waals surface area contributed by atoms with Crippen LogP contribution >= 0.6 is 0 Å². The van der Waals surface area contributed by atoms with Crippen molar-refractivity contribution in [2.45, 2.75) is 39.2 Å². The zero-order valence-corrected chi connectivity index (χ0v) is 12.9. The predicted molar refractivity (Wildman–Crippen MR) is 87.1 cm³/mol. The maximum absolute atomic E-state index is 11.9. The van der Waals surface area contributed by atoms with E-state index in [4.69, 9.17) is 9.68 Å². The lowest BCUT2D eigenvalue weighted by Gasteiger charge is -2.07. The molecule has 2 aromatic rings. The Labute approximate surface area is 130 Å². The highest BCUT2D eigenvalue weighted by Crippen LogP contribution is 2.27. The Morgan fingerprint density at radius 3 is 2.86 bits per heavy atom. The molecule has 0 radical (unpaired) electrons. The van der Waals surface area contributed by atoms with Crippen LogP contribution in [-0.2, 0) is 11.2 Å². The quantitative estimate of drug-likeness (QED) is 0.824. The third-order valence-corrected chi connectivity index (χ3v) is 3.48. The number of hydrogen-bond donors (Lipinski definition) is 1. The van der Waals surface area contributed by atoms with Crippen molar-refractivity contribution in [1.29, 1.82) is 5.26 Å². The van der Waals surface area contributed by atoms with Crippen molar-refractivity contribution in [3.63, 3.8) is 0 Å². The molecular weight excluding hydrogens is 276 g/mol. The molecule has 0 saturated carbocycles. The number of hydrogen-bond acceptors (Lipinski definition) is 3. The van der Waals surface area contributed by atoms with Crippen LogP contribution in [0, 0.1) is 11.3 Å². The van der Waals surface area contributed by atoms with Gasteiger partial charge in [0.1, 0.15) is 17.4 Å². The molecule has 1 atom stereocenters. The van der Waals surface area contributed by atoms with E-state index in [1.807, 2.05) is 38.1 Å². The van der Waals surface area contributed by atoms with Gasteiger partial charge >= 0.3 is 0 Å². The number of nitrogens with one attached hydrogen (secondary N) is 1. The Balaban J connectivity index is 2.19. The van der Waals surface area contributed by atoms with Crippen LogP contribution in [0.1, 0.15) is 38.0 Å². The molecule has 0 aliphatic rings. The highest BCUT2D eigenvalue weighted by Gasteiger charge is 2.11. The van der Waals surface area contributed by atoms with E-state index in [9.17, 15) is 4.79 Å². The Morgan fingerprint density at radius 2 is 2.18 bits per heavy atom. The maximum Gasteiger partial charge on any atom is 0.245 e. The third-order valence-electron chi connectivity index (χ3n) is 3.48. The number of para-hydroxylation sites is 1. The zero-order chi connectivity index (χ0) is 15.9. The van der Waals surface area contributed by atoms with Gasteiger partial charge in [0.2, 0.25) is 5.91 Å². The molecule has 1 aromatic heterocycles. The molecule has 1 heterocycles. The van der Waals surface area contributed by atoms with Gasteiger partial charge in [0.05, 0.1) is 6.07 Å². The van der Waals surface area contributed by atoms with E-state index >= 15 is 0 Å². The Bertz CT molecular complexity index is 722. The fourth-order valence-corrected chi connectivity index (χ4v) is 2.40. The number of nitrogens with zero attached hydrogens (tertiary/aromatic N) is 1. The SMILES string of the molecule is CCCC(C#N)NC(=O)/C=C/c1c(CC)oc2ccccc12. The number of fused-ring (bicyclic) bond motifs is 1. The van der Waals surface area contributed by atoms with E-state index in [1.165, 1.54) is 6.08 Å². The van der Waals surface area contributed by atoms with Gasteiger partial charge in [-0.25, -0.2) is 0 Å². The van der Waals surface area contributed by atoms with E-state index in [0.29, 0.717) is 6.42 Å². The molecule has 0 aliphatic carbocycles. The number of aryl methyl sites for hydroxylation is 1. The Hall–Kier alpha value is -2.54. The second-order valence-electron chi connectivity index (χ2n) is 5.10. The predicted octanol–water partition coefficient (Wildman–Crippen LogP) is 3.82. The molecule has 0 spiro atoms. The molecule has 0 bridgehead atoms. The van der Waals surface area contributed by atoms with Crippen LogP contribution < -0.4 is 5.32 Å². The van der Waals surface area contributed by atoms with Crippen LogP contribution in [0.15, 0.2) is 34.8 Å². The summed E-state index contributed by atoms with van der Waals surface area (Å²) in [7, 11) is 0. The van der Waals surface area contributed by atoms with E-state index in [-0.39, 0.29) is 5.91 Å². The summed E-state index contributed by atoms with van der Waals surface area (Å²) in [6.45, 7) is 4.00. The van der Waals surface area contributed by atoms with Gasteiger partial charge in [0.15, 0.2) is 0 Å². The summed E-state index contributed by atoms with van der Waals surface area (Å²) in [6.07, 6.45) is 5.50. The van der Waals surface area contributed by atoms with Crippen molar-refractivity contribution < 1.29 is 9.21 Å². The van der Waals surface area contributed by atoms with Gasteiger partial charge in [0, 0.05) is 23.4 Å². The summed E-state index contributed by atoms with van der Waals surface area (Å²) < 4.78 is 5.79. The summed E-state index contributed by atoms with van der Waals surface area (Å²) in [6, 6.07) is 9.42. The molecular formula is C18H20N2O2. The lowest BCUT2D eigenvalue weighted by Crippen LogP contribution is -2.32. The molecule has 114 valence electrons. The summed E-state index contributed by atoms with van der Waals surface area (Å²) >= 11 is 0. The van der Waals surface area contributed by atoms with Gasteiger partial charge in [-0.1, -0.05) is 38.5 Å². The van der Waals surface area contributed by atoms with Gasteiger partial charge < -0.3 is 9.73 Å². The molecule has 4 nitrogen and oxygen atoms in total.